The molecule has 3 rings (SSSR count). The quantitative estimate of drug-likeness (QED) is 0.789. The maximum atomic E-state index is 12.9. The van der Waals surface area contributed by atoms with Crippen molar-refractivity contribution in [1.82, 2.24) is 15.0 Å². The van der Waals surface area contributed by atoms with Crippen LogP contribution in [-0.2, 0) is 11.4 Å². The van der Waals surface area contributed by atoms with Gasteiger partial charge in [0, 0.05) is 37.2 Å². The SMILES string of the molecule is Cc1noc(C)c1COc1cccc(C(=O)N2CCN(C(=O)C(C)(C)C)CC2)c1. The summed E-state index contributed by atoms with van der Waals surface area (Å²) >= 11 is 0. The van der Waals surface area contributed by atoms with E-state index in [0.29, 0.717) is 44.1 Å². The summed E-state index contributed by atoms with van der Waals surface area (Å²) in [5.74, 6) is 1.43. The number of ether oxygens (including phenoxy) is 1. The zero-order valence-corrected chi connectivity index (χ0v) is 17.8. The molecule has 1 aromatic carbocycles. The Hall–Kier alpha value is -2.83. The summed E-state index contributed by atoms with van der Waals surface area (Å²) in [5.41, 5.74) is 1.90. The number of aromatic nitrogens is 1. The first-order chi connectivity index (χ1) is 13.7. The lowest BCUT2D eigenvalue weighted by Gasteiger charge is -2.37. The van der Waals surface area contributed by atoms with E-state index in [9.17, 15) is 9.59 Å². The summed E-state index contributed by atoms with van der Waals surface area (Å²) in [6, 6.07) is 7.19. The van der Waals surface area contributed by atoms with Crippen LogP contribution in [0.2, 0.25) is 0 Å². The molecule has 1 aromatic heterocycles. The summed E-state index contributed by atoms with van der Waals surface area (Å²) in [6.45, 7) is 12.0. The number of hydrogen-bond donors (Lipinski definition) is 0. The van der Waals surface area contributed by atoms with E-state index in [-0.39, 0.29) is 11.8 Å². The van der Waals surface area contributed by atoms with Crippen LogP contribution in [0.4, 0.5) is 0 Å². The van der Waals surface area contributed by atoms with Gasteiger partial charge >= 0.3 is 0 Å². The van der Waals surface area contributed by atoms with E-state index in [0.717, 1.165) is 17.0 Å². The number of hydrogen-bond acceptors (Lipinski definition) is 5. The second kappa shape index (κ2) is 8.27. The van der Waals surface area contributed by atoms with E-state index in [4.69, 9.17) is 9.26 Å². The lowest BCUT2D eigenvalue weighted by molar-refractivity contribution is -0.140. The monoisotopic (exact) mass is 399 g/mol. The van der Waals surface area contributed by atoms with Crippen molar-refractivity contribution in [1.29, 1.82) is 0 Å². The second-order valence-electron chi connectivity index (χ2n) is 8.45. The van der Waals surface area contributed by atoms with Gasteiger partial charge in [-0.3, -0.25) is 9.59 Å². The second-order valence-corrected chi connectivity index (χ2v) is 8.45. The van der Waals surface area contributed by atoms with E-state index < -0.39 is 5.41 Å². The lowest BCUT2D eigenvalue weighted by Crippen LogP contribution is -2.53. The number of nitrogens with zero attached hydrogens (tertiary/aromatic N) is 3. The van der Waals surface area contributed by atoms with Crippen LogP contribution in [0.25, 0.3) is 0 Å². The molecule has 2 heterocycles. The molecule has 29 heavy (non-hydrogen) atoms. The topological polar surface area (TPSA) is 75.9 Å². The maximum absolute atomic E-state index is 12.9. The van der Waals surface area contributed by atoms with Crippen molar-refractivity contribution in [3.8, 4) is 5.75 Å². The Morgan fingerprint density at radius 2 is 1.76 bits per heavy atom. The Labute approximate surface area is 171 Å². The third-order valence-corrected chi connectivity index (χ3v) is 5.14. The van der Waals surface area contributed by atoms with Crippen LogP contribution in [-0.4, -0.2) is 52.9 Å². The van der Waals surface area contributed by atoms with Gasteiger partial charge in [0.25, 0.3) is 5.91 Å². The molecule has 1 fully saturated rings. The summed E-state index contributed by atoms with van der Waals surface area (Å²) in [6.07, 6.45) is 0. The number of carbonyl (C=O) groups excluding carboxylic acids is 2. The molecule has 0 spiro atoms. The lowest BCUT2D eigenvalue weighted by atomic mass is 9.94. The highest BCUT2D eigenvalue weighted by molar-refractivity contribution is 5.94. The summed E-state index contributed by atoms with van der Waals surface area (Å²) in [5, 5.41) is 3.93. The van der Waals surface area contributed by atoms with Crippen molar-refractivity contribution in [2.45, 2.75) is 41.2 Å². The van der Waals surface area contributed by atoms with Crippen molar-refractivity contribution in [3.05, 3.63) is 46.8 Å². The molecule has 0 N–H and O–H groups in total. The van der Waals surface area contributed by atoms with E-state index in [2.05, 4.69) is 5.16 Å². The van der Waals surface area contributed by atoms with Gasteiger partial charge in [0.05, 0.1) is 11.3 Å². The van der Waals surface area contributed by atoms with Crippen LogP contribution >= 0.6 is 0 Å². The summed E-state index contributed by atoms with van der Waals surface area (Å²) in [7, 11) is 0. The third kappa shape index (κ3) is 4.78. The minimum atomic E-state index is -0.404. The third-order valence-electron chi connectivity index (χ3n) is 5.14. The molecular weight excluding hydrogens is 370 g/mol. The molecule has 0 atom stereocenters. The Morgan fingerprint density at radius 3 is 2.34 bits per heavy atom. The zero-order chi connectivity index (χ0) is 21.2. The molecule has 0 saturated carbocycles. The van der Waals surface area contributed by atoms with Gasteiger partial charge in [-0.25, -0.2) is 0 Å². The fraction of sp³-hybridized carbons (Fsp3) is 0.500. The molecule has 156 valence electrons. The Balaban J connectivity index is 1.61. The van der Waals surface area contributed by atoms with Crippen LogP contribution in [0.5, 0.6) is 5.75 Å². The van der Waals surface area contributed by atoms with Crippen molar-refractivity contribution in [3.63, 3.8) is 0 Å². The number of benzene rings is 1. The molecule has 0 bridgehead atoms. The average molecular weight is 399 g/mol. The first kappa shape index (κ1) is 20.9. The van der Waals surface area contributed by atoms with Gasteiger partial charge < -0.3 is 19.1 Å². The zero-order valence-electron chi connectivity index (χ0n) is 17.8. The van der Waals surface area contributed by atoms with Gasteiger partial charge in [0.1, 0.15) is 18.1 Å². The first-order valence-corrected chi connectivity index (χ1v) is 9.90. The van der Waals surface area contributed by atoms with Gasteiger partial charge in [-0.05, 0) is 32.0 Å². The summed E-state index contributed by atoms with van der Waals surface area (Å²) in [4.78, 5) is 29.0. The van der Waals surface area contributed by atoms with E-state index in [1.807, 2.05) is 51.7 Å². The molecule has 0 unspecified atom stereocenters. The molecular formula is C22H29N3O4. The van der Waals surface area contributed by atoms with Crippen LogP contribution in [0.1, 0.15) is 48.1 Å². The fourth-order valence-electron chi connectivity index (χ4n) is 3.35. The number of rotatable bonds is 4. The molecule has 1 aliphatic heterocycles. The molecule has 0 radical (unpaired) electrons. The van der Waals surface area contributed by atoms with Gasteiger partial charge in [-0.1, -0.05) is 32.0 Å². The van der Waals surface area contributed by atoms with Crippen LogP contribution in [0, 0.1) is 19.3 Å². The molecule has 2 amide bonds. The number of aryl methyl sites for hydroxylation is 2. The molecule has 7 heteroatoms. The smallest absolute Gasteiger partial charge is 0.254 e. The largest absolute Gasteiger partial charge is 0.489 e. The van der Waals surface area contributed by atoms with Crippen LogP contribution < -0.4 is 4.74 Å². The normalized spacial score (nSPS) is 14.8. The highest BCUT2D eigenvalue weighted by Gasteiger charge is 2.31. The number of piperazine rings is 1. The van der Waals surface area contributed by atoms with Gasteiger partial charge in [0.2, 0.25) is 5.91 Å². The highest BCUT2D eigenvalue weighted by atomic mass is 16.5. The predicted octanol–water partition coefficient (Wildman–Crippen LogP) is 3.20. The van der Waals surface area contributed by atoms with Gasteiger partial charge in [-0.15, -0.1) is 0 Å². The molecule has 7 nitrogen and oxygen atoms in total. The first-order valence-electron chi connectivity index (χ1n) is 9.90. The van der Waals surface area contributed by atoms with Crippen molar-refractivity contribution in [2.24, 2.45) is 5.41 Å². The molecule has 1 aliphatic rings. The van der Waals surface area contributed by atoms with E-state index in [1.165, 1.54) is 0 Å². The number of amides is 2. The van der Waals surface area contributed by atoms with E-state index >= 15 is 0 Å². The Bertz CT molecular complexity index is 870. The fourth-order valence-corrected chi connectivity index (χ4v) is 3.35. The van der Waals surface area contributed by atoms with E-state index in [1.54, 1.807) is 17.0 Å². The summed E-state index contributed by atoms with van der Waals surface area (Å²) < 4.78 is 11.0. The molecule has 0 aliphatic carbocycles. The minimum Gasteiger partial charge on any atom is -0.489 e. The van der Waals surface area contributed by atoms with Crippen molar-refractivity contribution < 1.29 is 18.8 Å². The molecule has 1 saturated heterocycles. The Kier molecular flexibility index (Phi) is 5.96. The van der Waals surface area contributed by atoms with Gasteiger partial charge in [0.15, 0.2) is 0 Å². The highest BCUT2D eigenvalue weighted by Crippen LogP contribution is 2.21. The molecule has 2 aromatic rings. The minimum absolute atomic E-state index is 0.0457. The van der Waals surface area contributed by atoms with Crippen LogP contribution in [0.3, 0.4) is 0 Å². The average Bonchev–Trinajstić information content (AvgIpc) is 3.02. The van der Waals surface area contributed by atoms with Crippen LogP contribution in [0.15, 0.2) is 28.8 Å². The Morgan fingerprint density at radius 1 is 1.10 bits per heavy atom. The van der Waals surface area contributed by atoms with Crippen molar-refractivity contribution >= 4 is 11.8 Å². The van der Waals surface area contributed by atoms with Gasteiger partial charge in [-0.2, -0.15) is 0 Å². The predicted molar refractivity (Wildman–Crippen MR) is 109 cm³/mol. The number of carbonyl (C=O) groups is 2. The maximum Gasteiger partial charge on any atom is 0.254 e. The standard InChI is InChI=1S/C22H29N3O4/c1-15-19(16(2)29-23-15)14-28-18-8-6-7-17(13-18)20(26)24-9-11-25(12-10-24)21(27)22(3,4)5/h6-8,13H,9-12,14H2,1-5H3. The van der Waals surface area contributed by atoms with Crippen molar-refractivity contribution in [2.75, 3.05) is 26.2 Å².